The van der Waals surface area contributed by atoms with Gasteiger partial charge in [-0.15, -0.1) is 11.8 Å². The van der Waals surface area contributed by atoms with Crippen LogP contribution in [0.2, 0.25) is 0 Å². The van der Waals surface area contributed by atoms with Gasteiger partial charge in [0, 0.05) is 17.8 Å². The highest BCUT2D eigenvalue weighted by atomic mass is 32.2. The first-order chi connectivity index (χ1) is 15.0. The predicted molar refractivity (Wildman–Crippen MR) is 136 cm³/mol. The smallest absolute Gasteiger partial charge is 0.243 e. The van der Waals surface area contributed by atoms with Gasteiger partial charge in [-0.3, -0.25) is 9.59 Å². The van der Waals surface area contributed by atoms with E-state index in [2.05, 4.69) is 43.4 Å². The van der Waals surface area contributed by atoms with Gasteiger partial charge in [-0.1, -0.05) is 66.1 Å². The van der Waals surface area contributed by atoms with Crippen molar-refractivity contribution < 1.29 is 9.59 Å². The molecule has 32 heavy (non-hydrogen) atoms. The van der Waals surface area contributed by atoms with Gasteiger partial charge in [0.1, 0.15) is 6.04 Å². The summed E-state index contributed by atoms with van der Waals surface area (Å²) in [6.07, 6.45) is 0.571. The molecule has 2 rings (SSSR count). The molecule has 5 heteroatoms. The van der Waals surface area contributed by atoms with Crippen LogP contribution in [0.1, 0.15) is 61.9 Å². The number of rotatable bonds is 9. The monoisotopic (exact) mass is 454 g/mol. The molecule has 0 aliphatic carbocycles. The standard InChI is InChI=1S/C27H38N2O2S/c1-8-24(26(31)28-27(5,6)7)29(16-22-11-9-10-19(2)13-22)25(30)18-32-17-23-14-20(3)12-21(4)15-23/h9-15,24H,8,16-18H2,1-7H3,(H,28,31)/t24-/m0/s1. The SMILES string of the molecule is CC[C@@H](C(=O)NC(C)(C)C)N(Cc1cccc(C)c1)C(=O)CSCc1cc(C)cc(C)c1. The lowest BCUT2D eigenvalue weighted by molar-refractivity contribution is -0.140. The molecule has 0 bridgehead atoms. The molecule has 1 N–H and O–H groups in total. The molecule has 0 aliphatic heterocycles. The summed E-state index contributed by atoms with van der Waals surface area (Å²) >= 11 is 1.60. The molecule has 0 fully saturated rings. The van der Waals surface area contributed by atoms with E-state index in [9.17, 15) is 9.59 Å². The first-order valence-corrected chi connectivity index (χ1v) is 12.5. The first kappa shape index (κ1) is 26.0. The van der Waals surface area contributed by atoms with E-state index in [1.54, 1.807) is 16.7 Å². The molecule has 0 aliphatic rings. The number of carbonyl (C=O) groups is 2. The zero-order valence-electron chi connectivity index (χ0n) is 20.6. The van der Waals surface area contributed by atoms with Crippen LogP contribution in [0.5, 0.6) is 0 Å². The summed E-state index contributed by atoms with van der Waals surface area (Å²) in [6, 6.07) is 14.1. The maximum absolute atomic E-state index is 13.4. The van der Waals surface area contributed by atoms with Gasteiger partial charge < -0.3 is 10.2 Å². The van der Waals surface area contributed by atoms with Crippen LogP contribution in [0, 0.1) is 20.8 Å². The third-order valence-electron chi connectivity index (χ3n) is 5.10. The second-order valence-corrected chi connectivity index (χ2v) is 10.6. The van der Waals surface area contributed by atoms with Crippen molar-refractivity contribution in [1.29, 1.82) is 0 Å². The minimum absolute atomic E-state index is 0.00297. The summed E-state index contributed by atoms with van der Waals surface area (Å²) < 4.78 is 0. The minimum Gasteiger partial charge on any atom is -0.350 e. The van der Waals surface area contributed by atoms with Gasteiger partial charge in [0.25, 0.3) is 0 Å². The molecular weight excluding hydrogens is 416 g/mol. The molecule has 0 aromatic heterocycles. The van der Waals surface area contributed by atoms with Gasteiger partial charge in [-0.25, -0.2) is 0 Å². The summed E-state index contributed by atoms with van der Waals surface area (Å²) in [5.41, 5.74) is 5.53. The largest absolute Gasteiger partial charge is 0.350 e. The van der Waals surface area contributed by atoms with Crippen LogP contribution in [0.3, 0.4) is 0 Å². The van der Waals surface area contributed by atoms with Crippen LogP contribution in [0.4, 0.5) is 0 Å². The molecule has 0 saturated carbocycles. The molecule has 0 heterocycles. The highest BCUT2D eigenvalue weighted by Gasteiger charge is 2.30. The van der Waals surface area contributed by atoms with Crippen LogP contribution in [0.25, 0.3) is 0 Å². The van der Waals surface area contributed by atoms with E-state index in [0.29, 0.717) is 18.7 Å². The van der Waals surface area contributed by atoms with Gasteiger partial charge >= 0.3 is 0 Å². The molecule has 174 valence electrons. The van der Waals surface area contributed by atoms with Crippen molar-refractivity contribution in [2.24, 2.45) is 0 Å². The Kier molecular flexibility index (Phi) is 9.38. The topological polar surface area (TPSA) is 49.4 Å². The van der Waals surface area contributed by atoms with Crippen molar-refractivity contribution in [2.75, 3.05) is 5.75 Å². The van der Waals surface area contributed by atoms with Crippen molar-refractivity contribution in [3.05, 3.63) is 70.3 Å². The zero-order chi connectivity index (χ0) is 23.9. The lowest BCUT2D eigenvalue weighted by Crippen LogP contribution is -2.53. The Labute approximate surface area is 198 Å². The lowest BCUT2D eigenvalue weighted by atomic mass is 10.1. The predicted octanol–water partition coefficient (Wildman–Crippen LogP) is 5.57. The number of thioether (sulfide) groups is 1. The Bertz CT molecular complexity index is 913. The van der Waals surface area contributed by atoms with Gasteiger partial charge in [0.15, 0.2) is 0 Å². The van der Waals surface area contributed by atoms with Gasteiger partial charge in [-0.05, 0) is 59.1 Å². The average molecular weight is 455 g/mol. The van der Waals surface area contributed by atoms with E-state index in [0.717, 1.165) is 16.9 Å². The summed E-state index contributed by atoms with van der Waals surface area (Å²) in [5.74, 6) is 1.02. The van der Waals surface area contributed by atoms with Crippen molar-refractivity contribution in [3.63, 3.8) is 0 Å². The lowest BCUT2D eigenvalue weighted by Gasteiger charge is -2.33. The number of aryl methyl sites for hydroxylation is 3. The third-order valence-corrected chi connectivity index (χ3v) is 6.08. The Morgan fingerprint density at radius 3 is 2.16 bits per heavy atom. The van der Waals surface area contributed by atoms with Crippen molar-refractivity contribution >= 4 is 23.6 Å². The van der Waals surface area contributed by atoms with Crippen LogP contribution >= 0.6 is 11.8 Å². The molecule has 4 nitrogen and oxygen atoms in total. The molecule has 0 unspecified atom stereocenters. The highest BCUT2D eigenvalue weighted by molar-refractivity contribution is 7.99. The van der Waals surface area contributed by atoms with Crippen molar-refractivity contribution in [3.8, 4) is 0 Å². The van der Waals surface area contributed by atoms with Crippen LogP contribution in [-0.2, 0) is 21.9 Å². The van der Waals surface area contributed by atoms with Crippen molar-refractivity contribution in [1.82, 2.24) is 10.2 Å². The van der Waals surface area contributed by atoms with Crippen LogP contribution in [-0.4, -0.2) is 34.0 Å². The normalized spacial score (nSPS) is 12.3. The van der Waals surface area contributed by atoms with Crippen molar-refractivity contribution in [2.45, 2.75) is 78.8 Å². The Balaban J connectivity index is 2.17. The van der Waals surface area contributed by atoms with E-state index < -0.39 is 6.04 Å². The quantitative estimate of drug-likeness (QED) is 0.539. The van der Waals surface area contributed by atoms with E-state index >= 15 is 0 Å². The summed E-state index contributed by atoms with van der Waals surface area (Å²) in [7, 11) is 0. The first-order valence-electron chi connectivity index (χ1n) is 11.3. The second kappa shape index (κ2) is 11.6. The summed E-state index contributed by atoms with van der Waals surface area (Å²) in [4.78, 5) is 28.2. The number of benzene rings is 2. The molecular formula is C27H38N2O2S. The number of hydrogen-bond donors (Lipinski definition) is 1. The van der Waals surface area contributed by atoms with E-state index in [-0.39, 0.29) is 17.4 Å². The number of nitrogens with one attached hydrogen (secondary N) is 1. The Morgan fingerprint density at radius 2 is 1.59 bits per heavy atom. The van der Waals surface area contributed by atoms with E-state index in [4.69, 9.17) is 0 Å². The number of carbonyl (C=O) groups excluding carboxylic acids is 2. The van der Waals surface area contributed by atoms with Gasteiger partial charge in [-0.2, -0.15) is 0 Å². The third kappa shape index (κ3) is 8.34. The van der Waals surface area contributed by atoms with Crippen LogP contribution < -0.4 is 5.32 Å². The summed E-state index contributed by atoms with van der Waals surface area (Å²) in [5, 5.41) is 3.06. The van der Waals surface area contributed by atoms with Crippen LogP contribution in [0.15, 0.2) is 42.5 Å². The number of amides is 2. The Morgan fingerprint density at radius 1 is 0.969 bits per heavy atom. The van der Waals surface area contributed by atoms with E-state index in [1.165, 1.54) is 16.7 Å². The molecule has 2 aromatic rings. The van der Waals surface area contributed by atoms with Gasteiger partial charge in [0.2, 0.25) is 11.8 Å². The Hall–Kier alpha value is -2.27. The fourth-order valence-corrected chi connectivity index (χ4v) is 4.72. The maximum atomic E-state index is 13.4. The highest BCUT2D eigenvalue weighted by Crippen LogP contribution is 2.19. The number of hydrogen-bond acceptors (Lipinski definition) is 3. The van der Waals surface area contributed by atoms with E-state index in [1.807, 2.05) is 52.8 Å². The second-order valence-electron chi connectivity index (χ2n) is 9.66. The minimum atomic E-state index is -0.496. The molecule has 1 atom stereocenters. The number of nitrogens with zero attached hydrogens (tertiary/aromatic N) is 1. The molecule has 0 saturated heterocycles. The fourth-order valence-electron chi connectivity index (χ4n) is 3.87. The average Bonchev–Trinajstić information content (AvgIpc) is 2.65. The zero-order valence-corrected chi connectivity index (χ0v) is 21.4. The molecule has 0 spiro atoms. The molecule has 2 aromatic carbocycles. The summed E-state index contributed by atoms with van der Waals surface area (Å²) in [6.45, 7) is 14.5. The van der Waals surface area contributed by atoms with Gasteiger partial charge in [0.05, 0.1) is 5.75 Å². The molecule has 0 radical (unpaired) electrons. The maximum Gasteiger partial charge on any atom is 0.243 e. The fraction of sp³-hybridized carbons (Fsp3) is 0.481. The molecule has 2 amide bonds.